The van der Waals surface area contributed by atoms with Crippen LogP contribution in [0.25, 0.3) is 0 Å². The quantitative estimate of drug-likeness (QED) is 0.0318. The lowest BCUT2D eigenvalue weighted by molar-refractivity contribution is -0.146. The molecular formula is C76H116N14O20S2. The molecule has 13 N–H and O–H groups in total. The maximum Gasteiger partial charge on any atom is 0.327 e. The van der Waals surface area contributed by atoms with Gasteiger partial charge < -0.3 is 82.7 Å². The first-order valence-corrected chi connectivity index (χ1v) is 40.9. The summed E-state index contributed by atoms with van der Waals surface area (Å²) in [6, 6.07) is 9.54. The number of hydrogen-bond donors (Lipinski definition) is 11. The molecule has 112 heavy (non-hydrogen) atoms. The monoisotopic (exact) mass is 1610 g/mol. The largest absolute Gasteiger partial charge is 0.480 e. The molecule has 0 saturated carbocycles. The van der Waals surface area contributed by atoms with Gasteiger partial charge in [0.2, 0.25) is 59.1 Å². The lowest BCUT2D eigenvalue weighted by Crippen LogP contribution is -2.57. The number of carbonyl (C=O) groups excluding carboxylic acids is 11. The minimum absolute atomic E-state index is 0.0308. The van der Waals surface area contributed by atoms with Crippen LogP contribution in [-0.4, -0.2) is 301 Å². The summed E-state index contributed by atoms with van der Waals surface area (Å²) in [6.45, 7) is 10.9. The predicted molar refractivity (Wildman–Crippen MR) is 419 cm³/mol. The van der Waals surface area contributed by atoms with Gasteiger partial charge in [0.15, 0.2) is 0 Å². The molecule has 3 aliphatic rings. The standard InChI is InChI=1S/C76H116N14O20S2/c1-4-6-19-57(82-65(93)25-24-64(92)79-26-13-36-108-38-40-110-41-39-109-37-14-27-80-66(94)45-86-30-32-87(46-67(95)96)34-35-88(33-31-86)47-68(97)98)71(101)81-44-56(74(104)90-29-12-21-62(90)75(105)89-28-11-20-61(89)69(78)99)50-111-48-54-17-10-18-55(42-54)49-112-51-60(76(106)107)85-73(103)59(43-53-15-8-7-9-16-53)84-72(102)58(22-23-63(77)91)83-70(100)52(3)5-2/h7-10,15-18,42,44,52,56-62H,4-6,11-14,19-41,43,45-51H2,1-3H3,(H2,77,91)(H2,78,99)(H,79,92)(H,80,94)(H,82,93)(H,83,100)(H,84,102)(H,85,103)(H,95,96)(H,97,98)(H,106,107)/t52-,56?,57-,58-,59-,60?,61-,62-/m0/s1. The molecule has 3 aliphatic heterocycles. The van der Waals surface area contributed by atoms with Crippen LogP contribution < -0.4 is 43.4 Å². The van der Waals surface area contributed by atoms with Crippen molar-refractivity contribution >= 4 is 113 Å². The number of aliphatic imine (C=N–C) groups is 1. The second kappa shape index (κ2) is 52.6. The molecule has 0 bridgehead atoms. The molecule has 0 spiro atoms. The Bertz CT molecular complexity index is 3390. The number of carboxylic acids is 3. The fraction of sp³-hybridized carbons (Fsp3) is 0.645. The number of hydrogen-bond acceptors (Lipinski definition) is 22. The Kier molecular flexibility index (Phi) is 44.1. The summed E-state index contributed by atoms with van der Waals surface area (Å²) in [4.78, 5) is 195. The van der Waals surface area contributed by atoms with E-state index in [-0.39, 0.29) is 100 Å². The summed E-state index contributed by atoms with van der Waals surface area (Å²) in [7, 11) is 0. The van der Waals surface area contributed by atoms with Gasteiger partial charge in [-0.2, -0.15) is 23.5 Å². The van der Waals surface area contributed by atoms with Gasteiger partial charge in [0.25, 0.3) is 5.91 Å². The number of amides is 11. The molecule has 34 nitrogen and oxygen atoms in total. The molecule has 11 amide bonds. The first-order valence-electron chi connectivity index (χ1n) is 38.6. The van der Waals surface area contributed by atoms with Crippen molar-refractivity contribution in [3.63, 3.8) is 0 Å². The van der Waals surface area contributed by atoms with Crippen LogP contribution in [0.3, 0.4) is 0 Å². The van der Waals surface area contributed by atoms with E-state index in [9.17, 15) is 82.4 Å². The van der Waals surface area contributed by atoms with Gasteiger partial charge in [-0.3, -0.25) is 77.0 Å². The van der Waals surface area contributed by atoms with E-state index in [0.717, 1.165) is 11.1 Å². The van der Waals surface area contributed by atoms with Crippen LogP contribution in [0.4, 0.5) is 0 Å². The lowest BCUT2D eigenvalue weighted by Gasteiger charge is -2.31. The van der Waals surface area contributed by atoms with Gasteiger partial charge in [-0.25, -0.2) is 9.79 Å². The van der Waals surface area contributed by atoms with Crippen molar-refractivity contribution in [1.82, 2.24) is 56.4 Å². The molecule has 2 aromatic rings. The van der Waals surface area contributed by atoms with Crippen LogP contribution in [0.5, 0.6) is 0 Å². The summed E-state index contributed by atoms with van der Waals surface area (Å²) in [6.07, 6.45) is 5.27. The van der Waals surface area contributed by atoms with Crippen molar-refractivity contribution in [2.24, 2.45) is 28.3 Å². The van der Waals surface area contributed by atoms with E-state index >= 15 is 0 Å². The molecule has 8 atom stereocenters. The molecule has 36 heteroatoms. The van der Waals surface area contributed by atoms with Crippen molar-refractivity contribution in [3.8, 4) is 0 Å². The summed E-state index contributed by atoms with van der Waals surface area (Å²) in [5.74, 6) is -10.1. The van der Waals surface area contributed by atoms with Gasteiger partial charge in [-0.05, 0) is 74.5 Å². The first kappa shape index (κ1) is 93.9. The molecule has 2 aromatic carbocycles. The topological polar surface area (TPSA) is 480 Å². The number of nitrogens with two attached hydrogens (primary N) is 2. The second-order valence-corrected chi connectivity index (χ2v) is 30.1. The number of nitrogens with zero attached hydrogens (tertiary/aromatic N) is 6. The number of carboxylic acid groups (broad SMARTS) is 3. The average Bonchev–Trinajstić information content (AvgIpc) is 1.65. The van der Waals surface area contributed by atoms with Crippen molar-refractivity contribution in [1.29, 1.82) is 0 Å². The number of aliphatic carboxylic acids is 3. The molecule has 0 aromatic heterocycles. The molecule has 0 radical (unpaired) electrons. The highest BCUT2D eigenvalue weighted by atomic mass is 32.2. The van der Waals surface area contributed by atoms with Crippen LogP contribution >= 0.6 is 23.5 Å². The van der Waals surface area contributed by atoms with Crippen LogP contribution in [0.15, 0.2) is 59.6 Å². The normalized spacial score (nSPS) is 17.3. The third kappa shape index (κ3) is 36.4. The van der Waals surface area contributed by atoms with Crippen LogP contribution in [0, 0.1) is 11.8 Å². The van der Waals surface area contributed by atoms with E-state index in [4.69, 9.17) is 25.7 Å². The number of benzene rings is 2. The van der Waals surface area contributed by atoms with Gasteiger partial charge >= 0.3 is 17.9 Å². The third-order valence-corrected chi connectivity index (χ3v) is 21.3. The van der Waals surface area contributed by atoms with Gasteiger partial charge in [-0.15, -0.1) is 0 Å². The van der Waals surface area contributed by atoms with Gasteiger partial charge in [0.1, 0.15) is 36.3 Å². The highest BCUT2D eigenvalue weighted by Crippen LogP contribution is 2.28. The van der Waals surface area contributed by atoms with Crippen molar-refractivity contribution in [2.75, 3.05) is 136 Å². The van der Waals surface area contributed by atoms with Gasteiger partial charge in [-0.1, -0.05) is 88.2 Å². The zero-order valence-electron chi connectivity index (χ0n) is 64.7. The lowest BCUT2D eigenvalue weighted by atomic mass is 10.0. The number of rotatable bonds is 53. The molecule has 2 unspecified atom stereocenters. The smallest absolute Gasteiger partial charge is 0.327 e. The Morgan fingerprint density at radius 3 is 1.62 bits per heavy atom. The van der Waals surface area contributed by atoms with E-state index in [1.807, 2.05) is 36.1 Å². The van der Waals surface area contributed by atoms with Crippen molar-refractivity contribution in [3.05, 3.63) is 71.3 Å². The van der Waals surface area contributed by atoms with Crippen LogP contribution in [-0.2, 0) is 99.3 Å². The van der Waals surface area contributed by atoms with E-state index in [1.165, 1.54) is 39.5 Å². The Balaban J connectivity index is 1.07. The predicted octanol–water partition coefficient (Wildman–Crippen LogP) is 0.534. The molecule has 622 valence electrons. The summed E-state index contributed by atoms with van der Waals surface area (Å²) in [5.41, 5.74) is 13.4. The highest BCUT2D eigenvalue weighted by molar-refractivity contribution is 7.98. The van der Waals surface area contributed by atoms with E-state index in [2.05, 4.69) is 36.9 Å². The van der Waals surface area contributed by atoms with E-state index in [0.29, 0.717) is 167 Å². The van der Waals surface area contributed by atoms with E-state index < -0.39 is 113 Å². The fourth-order valence-electron chi connectivity index (χ4n) is 12.6. The molecule has 0 aliphatic carbocycles. The Morgan fingerprint density at radius 1 is 0.545 bits per heavy atom. The molecule has 3 saturated heterocycles. The maximum absolute atomic E-state index is 14.8. The van der Waals surface area contributed by atoms with Crippen molar-refractivity contribution in [2.45, 2.75) is 165 Å². The summed E-state index contributed by atoms with van der Waals surface area (Å²) < 4.78 is 16.8. The number of unbranched alkanes of at least 4 members (excludes halogenated alkanes) is 1. The minimum Gasteiger partial charge on any atom is -0.480 e. The zero-order chi connectivity index (χ0) is 81.7. The number of thioether (sulfide) groups is 2. The third-order valence-electron chi connectivity index (χ3n) is 19.1. The summed E-state index contributed by atoms with van der Waals surface area (Å²) >= 11 is 2.60. The SMILES string of the molecule is CCCC[C@H](NC(=O)CCC(=O)NCCCOCCOCCOCCCNC(=O)CN1CCN(CC(=O)O)CCN(CC(=O)O)CC1)C(=O)N=CC(CSCc1cccc(CSCC(NC(=O)[C@H](Cc2ccccc2)NC(=O)[C@H](CCC(N)=O)NC(=O)[C@@H](C)CC)C(=O)O)c1)C(=O)N1CCC[C@H]1C(=O)N1CCC[C@H]1C(N)=O. The Labute approximate surface area is 663 Å². The number of likely N-dealkylation sites (tertiary alicyclic amines) is 2. The average molecular weight is 1610 g/mol. The first-order chi connectivity index (χ1) is 53.7. The molecule has 3 fully saturated rings. The van der Waals surface area contributed by atoms with Crippen LogP contribution in [0.1, 0.15) is 127 Å². The molecule has 5 rings (SSSR count). The van der Waals surface area contributed by atoms with Crippen LogP contribution in [0.2, 0.25) is 0 Å². The van der Waals surface area contributed by atoms with Gasteiger partial charge in [0.05, 0.1) is 52.0 Å². The minimum atomic E-state index is -1.40. The Hall–Kier alpha value is -8.65. The highest BCUT2D eigenvalue weighted by Gasteiger charge is 2.43. The number of nitrogens with one attached hydrogen (secondary N) is 6. The van der Waals surface area contributed by atoms with Crippen molar-refractivity contribution < 1.29 is 96.7 Å². The number of ether oxygens (including phenoxy) is 3. The molecular weight excluding hydrogens is 1490 g/mol. The summed E-state index contributed by atoms with van der Waals surface area (Å²) in [5, 5.41) is 45.2. The zero-order valence-corrected chi connectivity index (χ0v) is 66.3. The number of carbonyl (C=O) groups is 14. The molecule has 3 heterocycles. The number of primary amides is 2. The Morgan fingerprint density at radius 2 is 1.06 bits per heavy atom. The fourth-order valence-corrected chi connectivity index (χ4v) is 14.6. The van der Waals surface area contributed by atoms with Gasteiger partial charge in [0, 0.05) is 139 Å². The van der Waals surface area contributed by atoms with E-state index in [1.54, 1.807) is 54.0 Å². The second-order valence-electron chi connectivity index (χ2n) is 28.0. The maximum atomic E-state index is 14.8.